The summed E-state index contributed by atoms with van der Waals surface area (Å²) in [5.74, 6) is 0.919. The third-order valence-corrected chi connectivity index (χ3v) is 4.09. The van der Waals surface area contributed by atoms with Crippen LogP contribution in [0.4, 0.5) is 0 Å². The highest BCUT2D eigenvalue weighted by atomic mass is 32.2. The van der Waals surface area contributed by atoms with E-state index in [0.29, 0.717) is 45.7 Å². The molecule has 21 heavy (non-hydrogen) atoms. The van der Waals surface area contributed by atoms with E-state index in [9.17, 15) is 9.59 Å². The van der Waals surface area contributed by atoms with Crippen LogP contribution in [0.5, 0.6) is 0 Å². The van der Waals surface area contributed by atoms with Crippen LogP contribution in [0.1, 0.15) is 6.42 Å². The topological polar surface area (TPSA) is 78.7 Å². The van der Waals surface area contributed by atoms with E-state index in [4.69, 9.17) is 5.73 Å². The minimum atomic E-state index is -0.403. The highest BCUT2D eigenvalue weighted by Crippen LogP contribution is 2.06. The summed E-state index contributed by atoms with van der Waals surface area (Å²) in [5.41, 5.74) is 5.91. The van der Waals surface area contributed by atoms with E-state index in [2.05, 4.69) is 16.8 Å². The van der Waals surface area contributed by atoms with E-state index in [0.717, 1.165) is 5.75 Å². The van der Waals surface area contributed by atoms with Crippen LogP contribution in [-0.4, -0.2) is 78.9 Å². The molecule has 1 rings (SSSR count). The molecule has 120 valence electrons. The Balaban J connectivity index is 2.29. The van der Waals surface area contributed by atoms with Gasteiger partial charge in [0.05, 0.1) is 12.6 Å². The highest BCUT2D eigenvalue weighted by Gasteiger charge is 2.25. The molecule has 7 heteroatoms. The van der Waals surface area contributed by atoms with Crippen molar-refractivity contribution in [3.05, 3.63) is 12.7 Å². The molecular weight excluding hydrogens is 288 g/mol. The lowest BCUT2D eigenvalue weighted by molar-refractivity contribution is -0.134. The second kappa shape index (κ2) is 9.81. The van der Waals surface area contributed by atoms with Crippen LogP contribution in [0.25, 0.3) is 0 Å². The van der Waals surface area contributed by atoms with Gasteiger partial charge in [0.2, 0.25) is 11.8 Å². The fraction of sp³-hybridized carbons (Fsp3) is 0.714. The maximum atomic E-state index is 12.2. The van der Waals surface area contributed by atoms with Gasteiger partial charge in [0.15, 0.2) is 0 Å². The first-order valence-electron chi connectivity index (χ1n) is 7.21. The quantitative estimate of drug-likeness (QED) is 0.591. The summed E-state index contributed by atoms with van der Waals surface area (Å²) in [6.45, 7) is 7.12. The predicted octanol–water partition coefficient (Wildman–Crippen LogP) is -0.487. The van der Waals surface area contributed by atoms with Gasteiger partial charge in [0.1, 0.15) is 0 Å². The molecule has 1 aliphatic rings. The van der Waals surface area contributed by atoms with Gasteiger partial charge in [-0.2, -0.15) is 11.8 Å². The number of piperazine rings is 1. The molecule has 0 unspecified atom stereocenters. The Labute approximate surface area is 131 Å². The van der Waals surface area contributed by atoms with Crippen LogP contribution in [0.2, 0.25) is 0 Å². The van der Waals surface area contributed by atoms with Crippen molar-refractivity contribution < 1.29 is 9.59 Å². The molecule has 0 aromatic heterocycles. The Morgan fingerprint density at radius 3 is 2.62 bits per heavy atom. The summed E-state index contributed by atoms with van der Waals surface area (Å²) in [6, 6.07) is -0.403. The number of rotatable bonds is 8. The fourth-order valence-corrected chi connectivity index (χ4v) is 2.66. The van der Waals surface area contributed by atoms with Crippen molar-refractivity contribution in [1.82, 2.24) is 15.1 Å². The van der Waals surface area contributed by atoms with Crippen LogP contribution in [0, 0.1) is 0 Å². The lowest BCUT2D eigenvalue weighted by Gasteiger charge is -2.35. The molecular formula is C14H26N4O2S. The molecule has 1 aliphatic heterocycles. The summed E-state index contributed by atoms with van der Waals surface area (Å²) < 4.78 is 0. The minimum Gasteiger partial charge on any atom is -0.352 e. The van der Waals surface area contributed by atoms with Gasteiger partial charge in [-0.15, -0.1) is 6.58 Å². The first kappa shape index (κ1) is 18.0. The third-order valence-electron chi connectivity index (χ3n) is 3.44. The second-order valence-corrected chi connectivity index (χ2v) is 6.07. The number of thioether (sulfide) groups is 1. The molecule has 0 aromatic rings. The molecule has 3 N–H and O–H groups in total. The molecule has 0 saturated carbocycles. The first-order chi connectivity index (χ1) is 10.1. The first-order valence-corrected chi connectivity index (χ1v) is 8.61. The molecule has 1 heterocycles. The summed E-state index contributed by atoms with van der Waals surface area (Å²) >= 11 is 1.70. The fourth-order valence-electron chi connectivity index (χ4n) is 2.17. The average molecular weight is 314 g/mol. The number of nitrogens with two attached hydrogens (primary N) is 1. The SMILES string of the molecule is C=CCNC(=O)CN1CCN(C(=O)[C@@H](N)CCSC)CC1. The standard InChI is InChI=1S/C14H26N4O2S/c1-3-5-16-13(19)11-17-6-8-18(9-7-17)14(20)12(15)4-10-21-2/h3,12H,1,4-11,15H2,2H3,(H,16,19)/t12-/m0/s1. The van der Waals surface area contributed by atoms with Crippen molar-refractivity contribution >= 4 is 23.6 Å². The van der Waals surface area contributed by atoms with Crippen LogP contribution in [-0.2, 0) is 9.59 Å². The van der Waals surface area contributed by atoms with Gasteiger partial charge in [0, 0.05) is 32.7 Å². The highest BCUT2D eigenvalue weighted by molar-refractivity contribution is 7.98. The Morgan fingerprint density at radius 2 is 2.05 bits per heavy atom. The van der Waals surface area contributed by atoms with E-state index in [1.807, 2.05) is 11.2 Å². The molecule has 0 aliphatic carbocycles. The van der Waals surface area contributed by atoms with Crippen molar-refractivity contribution in [3.8, 4) is 0 Å². The van der Waals surface area contributed by atoms with Gasteiger partial charge in [0.25, 0.3) is 0 Å². The molecule has 1 fully saturated rings. The molecule has 1 saturated heterocycles. The van der Waals surface area contributed by atoms with E-state index in [1.54, 1.807) is 17.8 Å². The van der Waals surface area contributed by atoms with Crippen LogP contribution in [0.15, 0.2) is 12.7 Å². The smallest absolute Gasteiger partial charge is 0.239 e. The zero-order valence-electron chi connectivity index (χ0n) is 12.7. The molecule has 0 aromatic carbocycles. The largest absolute Gasteiger partial charge is 0.352 e. The van der Waals surface area contributed by atoms with E-state index in [1.165, 1.54) is 0 Å². The second-order valence-electron chi connectivity index (χ2n) is 5.08. The van der Waals surface area contributed by atoms with Crippen molar-refractivity contribution in [2.45, 2.75) is 12.5 Å². The lowest BCUT2D eigenvalue weighted by Crippen LogP contribution is -2.54. The van der Waals surface area contributed by atoms with Crippen LogP contribution in [0.3, 0.4) is 0 Å². The molecule has 0 bridgehead atoms. The van der Waals surface area contributed by atoms with Crippen molar-refractivity contribution in [2.75, 3.05) is 51.3 Å². The van der Waals surface area contributed by atoms with Crippen LogP contribution < -0.4 is 11.1 Å². The normalized spacial score (nSPS) is 17.3. The summed E-state index contributed by atoms with van der Waals surface area (Å²) in [7, 11) is 0. The summed E-state index contributed by atoms with van der Waals surface area (Å²) in [5, 5.41) is 2.75. The third kappa shape index (κ3) is 6.50. The van der Waals surface area contributed by atoms with Crippen molar-refractivity contribution in [1.29, 1.82) is 0 Å². The van der Waals surface area contributed by atoms with Gasteiger partial charge in [-0.3, -0.25) is 14.5 Å². The monoisotopic (exact) mass is 314 g/mol. The minimum absolute atomic E-state index is 0.00801. The van der Waals surface area contributed by atoms with Gasteiger partial charge in [-0.05, 0) is 18.4 Å². The molecule has 1 atom stereocenters. The van der Waals surface area contributed by atoms with E-state index < -0.39 is 6.04 Å². The van der Waals surface area contributed by atoms with Gasteiger partial charge >= 0.3 is 0 Å². The lowest BCUT2D eigenvalue weighted by atomic mass is 10.2. The van der Waals surface area contributed by atoms with Crippen molar-refractivity contribution in [3.63, 3.8) is 0 Å². The van der Waals surface area contributed by atoms with E-state index in [-0.39, 0.29) is 11.8 Å². The average Bonchev–Trinajstić information content (AvgIpc) is 2.50. The number of hydrogen-bond donors (Lipinski definition) is 2. The van der Waals surface area contributed by atoms with Crippen molar-refractivity contribution in [2.24, 2.45) is 5.73 Å². The zero-order valence-corrected chi connectivity index (χ0v) is 13.5. The zero-order chi connectivity index (χ0) is 15.7. The maximum absolute atomic E-state index is 12.2. The molecule has 0 radical (unpaired) electrons. The number of carbonyl (C=O) groups is 2. The molecule has 2 amide bonds. The number of nitrogens with one attached hydrogen (secondary N) is 1. The Kier molecular flexibility index (Phi) is 8.41. The van der Waals surface area contributed by atoms with E-state index >= 15 is 0 Å². The number of carbonyl (C=O) groups excluding carboxylic acids is 2. The molecule has 0 spiro atoms. The Morgan fingerprint density at radius 1 is 1.38 bits per heavy atom. The summed E-state index contributed by atoms with van der Waals surface area (Å²) in [6.07, 6.45) is 4.38. The number of amides is 2. The van der Waals surface area contributed by atoms with Gasteiger partial charge in [-0.25, -0.2) is 0 Å². The predicted molar refractivity (Wildman–Crippen MR) is 87.2 cm³/mol. The summed E-state index contributed by atoms with van der Waals surface area (Å²) in [4.78, 5) is 27.6. The number of nitrogens with zero attached hydrogens (tertiary/aromatic N) is 2. The van der Waals surface area contributed by atoms with Crippen LogP contribution >= 0.6 is 11.8 Å². The number of hydrogen-bond acceptors (Lipinski definition) is 5. The maximum Gasteiger partial charge on any atom is 0.239 e. The van der Waals surface area contributed by atoms with Gasteiger partial charge in [-0.1, -0.05) is 6.08 Å². The molecule has 6 nitrogen and oxygen atoms in total. The Hall–Kier alpha value is -1.05. The Bertz CT molecular complexity index is 357. The van der Waals surface area contributed by atoms with Gasteiger partial charge < -0.3 is 16.0 Å².